The summed E-state index contributed by atoms with van der Waals surface area (Å²) in [5.74, 6) is -1.05. The van der Waals surface area contributed by atoms with Gasteiger partial charge in [0.05, 0.1) is 19.1 Å². The third-order valence-electron chi connectivity index (χ3n) is 3.25. The van der Waals surface area contributed by atoms with Crippen molar-refractivity contribution in [2.24, 2.45) is 0 Å². The molecule has 2 heterocycles. The third kappa shape index (κ3) is 4.64. The average molecular weight is 314 g/mol. The van der Waals surface area contributed by atoms with E-state index in [-0.39, 0.29) is 35.9 Å². The molecule has 1 aromatic heterocycles. The zero-order valence-electron chi connectivity index (χ0n) is 11.4. The number of hydrogen-bond donors (Lipinski definition) is 1. The fourth-order valence-corrected chi connectivity index (χ4v) is 2.23. The van der Waals surface area contributed by atoms with Crippen LogP contribution in [0, 0.1) is 0 Å². The minimum absolute atomic E-state index is 0.000487. The highest BCUT2D eigenvalue weighted by Gasteiger charge is 2.25. The number of aromatic nitrogens is 2. The van der Waals surface area contributed by atoms with Gasteiger partial charge in [0.1, 0.15) is 0 Å². The summed E-state index contributed by atoms with van der Waals surface area (Å²) in [5, 5.41) is 16.2. The van der Waals surface area contributed by atoms with Gasteiger partial charge in [-0.3, -0.25) is 9.59 Å². The number of carbonyl (C=O) groups is 2. The number of ether oxygens (including phenoxy) is 1. The lowest BCUT2D eigenvalue weighted by Gasteiger charge is -2.31. The van der Waals surface area contributed by atoms with Crippen LogP contribution in [0.15, 0.2) is 12.1 Å². The number of amides is 1. The summed E-state index contributed by atoms with van der Waals surface area (Å²) in [4.78, 5) is 24.3. The van der Waals surface area contributed by atoms with Crippen molar-refractivity contribution in [3.05, 3.63) is 23.0 Å². The Morgan fingerprint density at radius 1 is 1.33 bits per heavy atom. The van der Waals surface area contributed by atoms with Crippen LogP contribution in [-0.2, 0) is 9.53 Å². The number of carboxylic acid groups (broad SMARTS) is 1. The summed E-state index contributed by atoms with van der Waals surface area (Å²) in [6.45, 7) is 1.32. The Bertz CT molecular complexity index is 501. The van der Waals surface area contributed by atoms with Crippen LogP contribution in [0.2, 0.25) is 5.15 Å². The molecule has 1 aliphatic rings. The van der Waals surface area contributed by atoms with E-state index in [4.69, 9.17) is 21.4 Å². The first-order valence-electron chi connectivity index (χ1n) is 6.68. The molecule has 0 unspecified atom stereocenters. The third-order valence-corrected chi connectivity index (χ3v) is 3.45. The Labute approximate surface area is 126 Å². The van der Waals surface area contributed by atoms with Crippen molar-refractivity contribution in [3.8, 4) is 0 Å². The number of carboxylic acids is 1. The van der Waals surface area contributed by atoms with Crippen LogP contribution in [0.1, 0.15) is 29.8 Å². The first-order chi connectivity index (χ1) is 10.1. The van der Waals surface area contributed by atoms with Gasteiger partial charge < -0.3 is 14.7 Å². The zero-order valence-corrected chi connectivity index (χ0v) is 12.1. The van der Waals surface area contributed by atoms with Gasteiger partial charge >= 0.3 is 5.97 Å². The SMILES string of the molecule is O=C(O)CCOC1CCN(C(=O)c2ccc(Cl)nn2)CC1. The van der Waals surface area contributed by atoms with Gasteiger partial charge in [-0.25, -0.2) is 0 Å². The molecule has 0 bridgehead atoms. The smallest absolute Gasteiger partial charge is 0.305 e. The van der Waals surface area contributed by atoms with E-state index >= 15 is 0 Å². The molecule has 1 aliphatic heterocycles. The van der Waals surface area contributed by atoms with Crippen molar-refractivity contribution in [2.75, 3.05) is 19.7 Å². The fraction of sp³-hybridized carbons (Fsp3) is 0.538. The molecule has 7 nitrogen and oxygen atoms in total. The summed E-state index contributed by atoms with van der Waals surface area (Å²) < 4.78 is 5.48. The van der Waals surface area contributed by atoms with Crippen LogP contribution in [-0.4, -0.2) is 57.9 Å². The van der Waals surface area contributed by atoms with E-state index in [1.54, 1.807) is 11.0 Å². The Morgan fingerprint density at radius 3 is 2.62 bits per heavy atom. The molecule has 0 aliphatic carbocycles. The van der Waals surface area contributed by atoms with E-state index in [0.717, 1.165) is 0 Å². The topological polar surface area (TPSA) is 92.6 Å². The molecule has 1 fully saturated rings. The number of piperidine rings is 1. The van der Waals surface area contributed by atoms with Gasteiger partial charge in [0.15, 0.2) is 10.8 Å². The van der Waals surface area contributed by atoms with Crippen LogP contribution in [0.25, 0.3) is 0 Å². The molecule has 1 aromatic rings. The molecule has 1 amide bonds. The van der Waals surface area contributed by atoms with E-state index in [1.807, 2.05) is 0 Å². The van der Waals surface area contributed by atoms with E-state index in [1.165, 1.54) is 6.07 Å². The molecule has 8 heteroatoms. The van der Waals surface area contributed by atoms with Crippen LogP contribution >= 0.6 is 11.6 Å². The second-order valence-electron chi connectivity index (χ2n) is 4.75. The van der Waals surface area contributed by atoms with E-state index in [9.17, 15) is 9.59 Å². The normalized spacial score (nSPS) is 16.0. The molecule has 0 aromatic carbocycles. The lowest BCUT2D eigenvalue weighted by Crippen LogP contribution is -2.41. The van der Waals surface area contributed by atoms with Gasteiger partial charge in [-0.2, -0.15) is 0 Å². The number of carbonyl (C=O) groups excluding carboxylic acids is 1. The predicted octanol–water partition coefficient (Wildman–Crippen LogP) is 1.23. The van der Waals surface area contributed by atoms with Crippen LogP contribution in [0.3, 0.4) is 0 Å². The monoisotopic (exact) mass is 313 g/mol. The largest absolute Gasteiger partial charge is 0.481 e. The Morgan fingerprint density at radius 2 is 2.05 bits per heavy atom. The Kier molecular flexibility index (Phi) is 5.46. The van der Waals surface area contributed by atoms with Gasteiger partial charge in [0, 0.05) is 13.1 Å². The highest BCUT2D eigenvalue weighted by molar-refractivity contribution is 6.29. The molecule has 2 rings (SSSR count). The van der Waals surface area contributed by atoms with Gasteiger partial charge in [-0.05, 0) is 25.0 Å². The molecule has 0 spiro atoms. The predicted molar refractivity (Wildman–Crippen MR) is 74.2 cm³/mol. The highest BCUT2D eigenvalue weighted by Crippen LogP contribution is 2.16. The number of aliphatic carboxylic acids is 1. The summed E-state index contributed by atoms with van der Waals surface area (Å²) >= 11 is 5.64. The summed E-state index contributed by atoms with van der Waals surface area (Å²) in [5.41, 5.74) is 0.268. The molecule has 114 valence electrons. The molecule has 0 saturated carbocycles. The minimum Gasteiger partial charge on any atom is -0.481 e. The maximum Gasteiger partial charge on any atom is 0.305 e. The first kappa shape index (κ1) is 15.7. The van der Waals surface area contributed by atoms with Gasteiger partial charge in [-0.1, -0.05) is 11.6 Å². The van der Waals surface area contributed by atoms with Crippen molar-refractivity contribution in [1.29, 1.82) is 0 Å². The second-order valence-corrected chi connectivity index (χ2v) is 5.13. The van der Waals surface area contributed by atoms with Gasteiger partial charge in [0.2, 0.25) is 0 Å². The number of likely N-dealkylation sites (tertiary alicyclic amines) is 1. The van der Waals surface area contributed by atoms with E-state index < -0.39 is 5.97 Å². The quantitative estimate of drug-likeness (QED) is 0.878. The molecular formula is C13H16ClN3O4. The Balaban J connectivity index is 1.79. The van der Waals surface area contributed by atoms with E-state index in [2.05, 4.69) is 10.2 Å². The zero-order chi connectivity index (χ0) is 15.2. The summed E-state index contributed by atoms with van der Waals surface area (Å²) in [6, 6.07) is 3.08. The standard InChI is InChI=1S/C13H16ClN3O4/c14-11-2-1-10(15-16-11)13(20)17-6-3-9(4-7-17)21-8-5-12(18)19/h1-2,9H,3-8H2,(H,18,19). The molecule has 1 saturated heterocycles. The maximum absolute atomic E-state index is 12.2. The van der Waals surface area contributed by atoms with Crippen molar-refractivity contribution < 1.29 is 19.4 Å². The van der Waals surface area contributed by atoms with Crippen molar-refractivity contribution in [1.82, 2.24) is 15.1 Å². The summed E-state index contributed by atoms with van der Waals surface area (Å²) in [7, 11) is 0. The number of hydrogen-bond acceptors (Lipinski definition) is 5. The summed E-state index contributed by atoms with van der Waals surface area (Å²) in [6.07, 6.45) is 1.38. The lowest BCUT2D eigenvalue weighted by molar-refractivity contribution is -0.138. The van der Waals surface area contributed by atoms with Crippen molar-refractivity contribution >= 4 is 23.5 Å². The highest BCUT2D eigenvalue weighted by atomic mass is 35.5. The van der Waals surface area contributed by atoms with Gasteiger partial charge in [0.25, 0.3) is 5.91 Å². The van der Waals surface area contributed by atoms with Crippen molar-refractivity contribution in [3.63, 3.8) is 0 Å². The molecule has 0 radical (unpaired) electrons. The molecule has 0 atom stereocenters. The number of rotatable bonds is 5. The maximum atomic E-state index is 12.2. The van der Waals surface area contributed by atoms with Crippen LogP contribution in [0.5, 0.6) is 0 Å². The van der Waals surface area contributed by atoms with Crippen LogP contribution in [0.4, 0.5) is 0 Å². The second kappa shape index (κ2) is 7.33. The molecule has 1 N–H and O–H groups in total. The minimum atomic E-state index is -0.871. The number of halogens is 1. The molecular weight excluding hydrogens is 298 g/mol. The van der Waals surface area contributed by atoms with Crippen LogP contribution < -0.4 is 0 Å². The lowest BCUT2D eigenvalue weighted by atomic mass is 10.1. The Hall–Kier alpha value is -1.73. The number of nitrogens with zero attached hydrogens (tertiary/aromatic N) is 3. The first-order valence-corrected chi connectivity index (χ1v) is 7.06. The fourth-order valence-electron chi connectivity index (χ4n) is 2.13. The van der Waals surface area contributed by atoms with Gasteiger partial charge in [-0.15, -0.1) is 10.2 Å². The average Bonchev–Trinajstić information content (AvgIpc) is 2.48. The van der Waals surface area contributed by atoms with Crippen molar-refractivity contribution in [2.45, 2.75) is 25.4 Å². The molecule has 21 heavy (non-hydrogen) atoms. The van der Waals surface area contributed by atoms with E-state index in [0.29, 0.717) is 25.9 Å².